The minimum atomic E-state index is -3.64. The Morgan fingerprint density at radius 2 is 1.80 bits per heavy atom. The number of hydrogen-bond acceptors (Lipinski definition) is 4. The van der Waals surface area contributed by atoms with Crippen LogP contribution in [0.3, 0.4) is 0 Å². The second-order valence-electron chi connectivity index (χ2n) is 6.21. The van der Waals surface area contributed by atoms with Crippen LogP contribution in [0.25, 0.3) is 0 Å². The molecule has 6 heteroatoms. The molecule has 0 radical (unpaired) electrons. The normalized spacial score (nSPS) is 11.8. The van der Waals surface area contributed by atoms with Gasteiger partial charge in [0, 0.05) is 13.1 Å². The SMILES string of the molecule is Cc1cccc(COC(=O)c2cccc(S(=O)(=O)N(C)C(C)C)c2)c1. The van der Waals surface area contributed by atoms with Crippen LogP contribution in [0, 0.1) is 6.92 Å². The van der Waals surface area contributed by atoms with Crippen LogP contribution in [0.1, 0.15) is 35.3 Å². The van der Waals surface area contributed by atoms with Crippen LogP contribution in [-0.4, -0.2) is 31.8 Å². The van der Waals surface area contributed by atoms with Gasteiger partial charge < -0.3 is 4.74 Å². The Labute approximate surface area is 149 Å². The van der Waals surface area contributed by atoms with E-state index in [0.717, 1.165) is 11.1 Å². The predicted octanol–water partition coefficient (Wildman–Crippen LogP) is 3.38. The molecule has 134 valence electrons. The maximum Gasteiger partial charge on any atom is 0.338 e. The number of ether oxygens (including phenoxy) is 1. The quantitative estimate of drug-likeness (QED) is 0.740. The van der Waals surface area contributed by atoms with Crippen LogP contribution in [0.4, 0.5) is 0 Å². The minimum Gasteiger partial charge on any atom is -0.457 e. The van der Waals surface area contributed by atoms with Crippen LogP contribution in [-0.2, 0) is 21.4 Å². The van der Waals surface area contributed by atoms with Crippen molar-refractivity contribution < 1.29 is 17.9 Å². The summed E-state index contributed by atoms with van der Waals surface area (Å²) in [7, 11) is -2.12. The predicted molar refractivity (Wildman–Crippen MR) is 96.8 cm³/mol. The van der Waals surface area contributed by atoms with Crippen molar-refractivity contribution in [2.45, 2.75) is 38.3 Å². The van der Waals surface area contributed by atoms with E-state index in [-0.39, 0.29) is 23.1 Å². The third kappa shape index (κ3) is 4.67. The standard InChI is InChI=1S/C19H23NO4S/c1-14(2)20(4)25(22,23)18-10-6-9-17(12-18)19(21)24-13-16-8-5-7-15(3)11-16/h5-12,14H,13H2,1-4H3. The van der Waals surface area contributed by atoms with Gasteiger partial charge in [-0.25, -0.2) is 13.2 Å². The number of hydrogen-bond donors (Lipinski definition) is 0. The zero-order chi connectivity index (χ0) is 18.6. The Morgan fingerprint density at radius 3 is 2.44 bits per heavy atom. The number of carbonyl (C=O) groups excluding carboxylic acids is 1. The highest BCUT2D eigenvalue weighted by Gasteiger charge is 2.24. The molecule has 5 nitrogen and oxygen atoms in total. The van der Waals surface area contributed by atoms with Gasteiger partial charge in [-0.05, 0) is 44.5 Å². The Bertz CT molecular complexity index is 859. The molecule has 0 saturated heterocycles. The molecule has 0 aliphatic carbocycles. The average Bonchev–Trinajstić information content (AvgIpc) is 2.59. The van der Waals surface area contributed by atoms with Gasteiger partial charge in [0.25, 0.3) is 0 Å². The molecule has 0 saturated carbocycles. The van der Waals surface area contributed by atoms with Crippen LogP contribution in [0.2, 0.25) is 0 Å². The summed E-state index contributed by atoms with van der Waals surface area (Å²) in [5, 5.41) is 0. The molecule has 0 atom stereocenters. The van der Waals surface area contributed by atoms with Gasteiger partial charge in [0.15, 0.2) is 0 Å². The third-order valence-electron chi connectivity index (χ3n) is 3.93. The smallest absolute Gasteiger partial charge is 0.338 e. The van der Waals surface area contributed by atoms with E-state index in [1.54, 1.807) is 26.0 Å². The molecule has 0 aliphatic rings. The van der Waals surface area contributed by atoms with E-state index in [4.69, 9.17) is 4.74 Å². The maximum absolute atomic E-state index is 12.5. The molecule has 2 rings (SSSR count). The monoisotopic (exact) mass is 361 g/mol. The molecule has 0 unspecified atom stereocenters. The number of rotatable bonds is 6. The van der Waals surface area contributed by atoms with Crippen molar-refractivity contribution >= 4 is 16.0 Å². The summed E-state index contributed by atoms with van der Waals surface area (Å²) in [6.07, 6.45) is 0. The molecule has 0 N–H and O–H groups in total. The van der Waals surface area contributed by atoms with E-state index in [1.165, 1.54) is 23.5 Å². The molecule has 0 amide bonds. The molecular weight excluding hydrogens is 338 g/mol. The number of sulfonamides is 1. The van der Waals surface area contributed by atoms with Crippen LogP contribution in [0.15, 0.2) is 53.4 Å². The molecule has 0 spiro atoms. The van der Waals surface area contributed by atoms with Crippen molar-refractivity contribution in [2.24, 2.45) is 0 Å². The van der Waals surface area contributed by atoms with Crippen LogP contribution < -0.4 is 0 Å². The summed E-state index contributed by atoms with van der Waals surface area (Å²) in [5.41, 5.74) is 2.18. The van der Waals surface area contributed by atoms with E-state index >= 15 is 0 Å². The molecule has 0 heterocycles. The van der Waals surface area contributed by atoms with E-state index in [2.05, 4.69) is 0 Å². The molecule has 0 aliphatic heterocycles. The summed E-state index contributed by atoms with van der Waals surface area (Å²) in [4.78, 5) is 12.3. The van der Waals surface area contributed by atoms with Crippen molar-refractivity contribution in [2.75, 3.05) is 7.05 Å². The topological polar surface area (TPSA) is 63.7 Å². The van der Waals surface area contributed by atoms with Crippen LogP contribution in [0.5, 0.6) is 0 Å². The fourth-order valence-electron chi connectivity index (χ4n) is 2.26. The number of nitrogens with zero attached hydrogens (tertiary/aromatic N) is 1. The molecular formula is C19H23NO4S. The first kappa shape index (κ1) is 19.1. The Hall–Kier alpha value is -2.18. The van der Waals surface area contributed by atoms with Gasteiger partial charge in [-0.15, -0.1) is 0 Å². The Morgan fingerprint density at radius 1 is 1.12 bits per heavy atom. The lowest BCUT2D eigenvalue weighted by Crippen LogP contribution is -2.33. The van der Waals surface area contributed by atoms with Gasteiger partial charge in [0.2, 0.25) is 10.0 Å². The van der Waals surface area contributed by atoms with Crippen molar-refractivity contribution in [3.8, 4) is 0 Å². The Balaban J connectivity index is 2.16. The third-order valence-corrected chi connectivity index (χ3v) is 5.96. The van der Waals surface area contributed by atoms with Gasteiger partial charge in [0.05, 0.1) is 10.5 Å². The van der Waals surface area contributed by atoms with Gasteiger partial charge in [-0.1, -0.05) is 35.9 Å². The molecule has 25 heavy (non-hydrogen) atoms. The number of esters is 1. The van der Waals surface area contributed by atoms with Gasteiger partial charge in [0.1, 0.15) is 6.61 Å². The first-order valence-electron chi connectivity index (χ1n) is 8.02. The molecule has 0 aromatic heterocycles. The highest BCUT2D eigenvalue weighted by Crippen LogP contribution is 2.18. The molecule has 0 fully saturated rings. The number of benzene rings is 2. The van der Waals surface area contributed by atoms with Crippen molar-refractivity contribution in [3.63, 3.8) is 0 Å². The molecule has 0 bridgehead atoms. The largest absolute Gasteiger partial charge is 0.457 e. The number of aryl methyl sites for hydroxylation is 1. The summed E-state index contributed by atoms with van der Waals surface area (Å²) in [5.74, 6) is -0.550. The zero-order valence-electron chi connectivity index (χ0n) is 14.9. The van der Waals surface area contributed by atoms with Crippen molar-refractivity contribution in [3.05, 3.63) is 65.2 Å². The average molecular weight is 361 g/mol. The van der Waals surface area contributed by atoms with Crippen LogP contribution >= 0.6 is 0 Å². The minimum absolute atomic E-state index is 0.0775. The van der Waals surface area contributed by atoms with Gasteiger partial charge in [-0.3, -0.25) is 0 Å². The highest BCUT2D eigenvalue weighted by molar-refractivity contribution is 7.89. The first-order chi connectivity index (χ1) is 11.7. The van der Waals surface area contributed by atoms with E-state index in [1.807, 2.05) is 31.2 Å². The highest BCUT2D eigenvalue weighted by atomic mass is 32.2. The second-order valence-corrected chi connectivity index (χ2v) is 8.21. The fourth-order valence-corrected chi connectivity index (χ4v) is 3.68. The lowest BCUT2D eigenvalue weighted by molar-refractivity contribution is 0.0472. The Kier molecular flexibility index (Phi) is 5.98. The summed E-state index contributed by atoms with van der Waals surface area (Å²) in [6, 6.07) is 13.4. The van der Waals surface area contributed by atoms with Gasteiger partial charge >= 0.3 is 5.97 Å². The summed E-state index contributed by atoms with van der Waals surface area (Å²) < 4.78 is 31.6. The van der Waals surface area contributed by atoms with Gasteiger partial charge in [-0.2, -0.15) is 4.31 Å². The number of carbonyl (C=O) groups is 1. The van der Waals surface area contributed by atoms with E-state index < -0.39 is 16.0 Å². The summed E-state index contributed by atoms with van der Waals surface area (Å²) >= 11 is 0. The van der Waals surface area contributed by atoms with E-state index in [0.29, 0.717) is 0 Å². The second kappa shape index (κ2) is 7.80. The van der Waals surface area contributed by atoms with E-state index in [9.17, 15) is 13.2 Å². The molecule has 2 aromatic carbocycles. The lowest BCUT2D eigenvalue weighted by Gasteiger charge is -2.21. The summed E-state index contributed by atoms with van der Waals surface area (Å²) in [6.45, 7) is 5.68. The molecule has 2 aromatic rings. The van der Waals surface area contributed by atoms with Crippen molar-refractivity contribution in [1.82, 2.24) is 4.31 Å². The zero-order valence-corrected chi connectivity index (χ0v) is 15.7. The first-order valence-corrected chi connectivity index (χ1v) is 9.46. The van der Waals surface area contributed by atoms with Crippen molar-refractivity contribution in [1.29, 1.82) is 0 Å². The lowest BCUT2D eigenvalue weighted by atomic mass is 10.1. The fraction of sp³-hybridized carbons (Fsp3) is 0.316. The maximum atomic E-state index is 12.5.